The van der Waals surface area contributed by atoms with Gasteiger partial charge in [0.2, 0.25) is 0 Å². The van der Waals surface area contributed by atoms with Crippen LogP contribution in [0.15, 0.2) is 0 Å². The molecule has 0 aromatic rings. The normalized spacial score (nSPS) is 35.1. The van der Waals surface area contributed by atoms with Crippen molar-refractivity contribution in [2.24, 2.45) is 22.2 Å². The molecular weight excluding hydrogens is 208 g/mol. The average Bonchev–Trinajstić information content (AvgIpc) is 2.65. The summed E-state index contributed by atoms with van der Waals surface area (Å²) in [5, 5.41) is 7.26. The average molecular weight is 238 g/mol. The Kier molecular flexibility index (Phi) is 3.33. The number of hydrogen-bond donors (Lipinski definition) is 2. The van der Waals surface area contributed by atoms with Gasteiger partial charge in [-0.3, -0.25) is 0 Å². The maximum absolute atomic E-state index is 3.75. The van der Waals surface area contributed by atoms with Crippen molar-refractivity contribution in [2.45, 2.75) is 47.5 Å². The molecule has 2 nitrogen and oxygen atoms in total. The van der Waals surface area contributed by atoms with Crippen LogP contribution in [0.1, 0.15) is 47.5 Å². The summed E-state index contributed by atoms with van der Waals surface area (Å²) in [5.74, 6) is 0.846. The monoisotopic (exact) mass is 238 g/mol. The maximum Gasteiger partial charge on any atom is 0.00205 e. The lowest BCUT2D eigenvalue weighted by molar-refractivity contribution is 0.287. The van der Waals surface area contributed by atoms with Crippen LogP contribution in [0.2, 0.25) is 0 Å². The van der Waals surface area contributed by atoms with Crippen LogP contribution in [-0.2, 0) is 0 Å². The van der Waals surface area contributed by atoms with Crippen molar-refractivity contribution in [1.82, 2.24) is 10.6 Å². The molecule has 2 fully saturated rings. The van der Waals surface area contributed by atoms with Gasteiger partial charge in [-0.1, -0.05) is 34.6 Å². The smallest absolute Gasteiger partial charge is 0.00205 e. The lowest BCUT2D eigenvalue weighted by Crippen LogP contribution is -2.37. The van der Waals surface area contributed by atoms with Crippen LogP contribution in [0.25, 0.3) is 0 Å². The van der Waals surface area contributed by atoms with Gasteiger partial charge in [-0.25, -0.2) is 0 Å². The summed E-state index contributed by atoms with van der Waals surface area (Å²) in [4.78, 5) is 0. The predicted octanol–water partition coefficient (Wildman–Crippen LogP) is 2.65. The third-order valence-corrected chi connectivity index (χ3v) is 6.25. The molecule has 17 heavy (non-hydrogen) atoms. The second kappa shape index (κ2) is 4.24. The Balaban J connectivity index is 1.77. The summed E-state index contributed by atoms with van der Waals surface area (Å²) >= 11 is 0. The molecule has 0 amide bonds. The fraction of sp³-hybridized carbons (Fsp3) is 1.00. The molecule has 2 rings (SSSR count). The summed E-state index contributed by atoms with van der Waals surface area (Å²) in [6.07, 6.45) is 2.64. The minimum atomic E-state index is 0.521. The zero-order valence-electron chi connectivity index (χ0n) is 12.3. The molecule has 0 radical (unpaired) electrons. The number of rotatable bonds is 5. The molecule has 0 aromatic heterocycles. The van der Waals surface area contributed by atoms with Crippen molar-refractivity contribution < 1.29 is 0 Å². The van der Waals surface area contributed by atoms with Crippen molar-refractivity contribution in [3.63, 3.8) is 0 Å². The summed E-state index contributed by atoms with van der Waals surface area (Å²) in [6, 6.07) is 0. The maximum atomic E-state index is 3.75. The molecule has 0 aromatic carbocycles. The van der Waals surface area contributed by atoms with Crippen LogP contribution in [0.5, 0.6) is 0 Å². The van der Waals surface area contributed by atoms with Gasteiger partial charge in [0.15, 0.2) is 0 Å². The molecule has 1 saturated heterocycles. The van der Waals surface area contributed by atoms with Gasteiger partial charge < -0.3 is 10.6 Å². The highest BCUT2D eigenvalue weighted by atomic mass is 15.0. The van der Waals surface area contributed by atoms with Crippen molar-refractivity contribution in [3.05, 3.63) is 0 Å². The second-order valence-corrected chi connectivity index (χ2v) is 7.41. The first-order valence-electron chi connectivity index (χ1n) is 7.27. The lowest BCUT2D eigenvalue weighted by Gasteiger charge is -2.27. The van der Waals surface area contributed by atoms with Gasteiger partial charge in [0, 0.05) is 13.1 Å². The Labute approximate surface area is 107 Å². The van der Waals surface area contributed by atoms with E-state index in [2.05, 4.69) is 45.3 Å². The van der Waals surface area contributed by atoms with E-state index in [0.29, 0.717) is 16.2 Å². The number of hydrogen-bond acceptors (Lipinski definition) is 2. The van der Waals surface area contributed by atoms with Gasteiger partial charge in [0.1, 0.15) is 0 Å². The first kappa shape index (κ1) is 13.4. The quantitative estimate of drug-likeness (QED) is 0.769. The van der Waals surface area contributed by atoms with E-state index in [4.69, 9.17) is 0 Å². The third kappa shape index (κ3) is 2.15. The van der Waals surface area contributed by atoms with Crippen molar-refractivity contribution in [2.75, 3.05) is 26.2 Å². The van der Waals surface area contributed by atoms with E-state index in [0.717, 1.165) is 5.92 Å². The van der Waals surface area contributed by atoms with Crippen molar-refractivity contribution in [3.8, 4) is 0 Å². The van der Waals surface area contributed by atoms with E-state index in [1.54, 1.807) is 0 Å². The SMILES string of the molecule is CCC1(CNCC2C(C)(C)C2(C)C)CCNC1. The van der Waals surface area contributed by atoms with Crippen LogP contribution in [0.3, 0.4) is 0 Å². The molecule has 0 spiro atoms. The van der Waals surface area contributed by atoms with Crippen LogP contribution in [0.4, 0.5) is 0 Å². The predicted molar refractivity (Wildman–Crippen MR) is 74.1 cm³/mol. The van der Waals surface area contributed by atoms with E-state index < -0.39 is 0 Å². The number of nitrogens with one attached hydrogen (secondary N) is 2. The Hall–Kier alpha value is -0.0800. The Morgan fingerprint density at radius 3 is 2.24 bits per heavy atom. The minimum absolute atomic E-state index is 0.521. The molecule has 100 valence electrons. The molecule has 1 aliphatic carbocycles. The summed E-state index contributed by atoms with van der Waals surface area (Å²) in [7, 11) is 0. The largest absolute Gasteiger partial charge is 0.316 e. The van der Waals surface area contributed by atoms with Gasteiger partial charge in [0.25, 0.3) is 0 Å². The van der Waals surface area contributed by atoms with Crippen LogP contribution < -0.4 is 10.6 Å². The molecule has 1 heterocycles. The Bertz CT molecular complexity index is 261. The van der Waals surface area contributed by atoms with Gasteiger partial charge in [-0.05, 0) is 48.1 Å². The van der Waals surface area contributed by atoms with Gasteiger partial charge in [0.05, 0.1) is 0 Å². The first-order chi connectivity index (χ1) is 7.86. The lowest BCUT2D eigenvalue weighted by atomic mass is 9.84. The third-order valence-electron chi connectivity index (χ3n) is 6.25. The fourth-order valence-corrected chi connectivity index (χ4v) is 3.70. The Morgan fingerprint density at radius 2 is 1.82 bits per heavy atom. The molecule has 1 atom stereocenters. The summed E-state index contributed by atoms with van der Waals surface area (Å²) < 4.78 is 0. The molecule has 2 heteroatoms. The van der Waals surface area contributed by atoms with E-state index in [1.165, 1.54) is 39.0 Å². The highest BCUT2D eigenvalue weighted by Crippen LogP contribution is 2.67. The van der Waals surface area contributed by atoms with Crippen LogP contribution in [-0.4, -0.2) is 26.2 Å². The highest BCUT2D eigenvalue weighted by Gasteiger charge is 2.63. The molecule has 2 aliphatic rings. The molecular formula is C15H30N2. The van der Waals surface area contributed by atoms with E-state index in [9.17, 15) is 0 Å². The van der Waals surface area contributed by atoms with Crippen molar-refractivity contribution in [1.29, 1.82) is 0 Å². The first-order valence-corrected chi connectivity index (χ1v) is 7.27. The standard InChI is InChI=1S/C15H30N2/c1-6-15(7-8-16-10-15)11-17-9-12-13(2,3)14(12,4)5/h12,16-17H,6-11H2,1-5H3. The zero-order chi connectivity index (χ0) is 12.7. The van der Waals surface area contributed by atoms with Crippen LogP contribution >= 0.6 is 0 Å². The zero-order valence-corrected chi connectivity index (χ0v) is 12.3. The van der Waals surface area contributed by atoms with Gasteiger partial charge >= 0.3 is 0 Å². The second-order valence-electron chi connectivity index (χ2n) is 7.41. The van der Waals surface area contributed by atoms with Crippen LogP contribution in [0, 0.1) is 22.2 Å². The van der Waals surface area contributed by atoms with E-state index in [1.807, 2.05) is 0 Å². The minimum Gasteiger partial charge on any atom is -0.316 e. The molecule has 2 N–H and O–H groups in total. The highest BCUT2D eigenvalue weighted by molar-refractivity contribution is 5.12. The summed E-state index contributed by atoms with van der Waals surface area (Å²) in [5.41, 5.74) is 1.57. The fourth-order valence-electron chi connectivity index (χ4n) is 3.70. The molecule has 1 unspecified atom stereocenters. The topological polar surface area (TPSA) is 24.1 Å². The molecule has 1 saturated carbocycles. The van der Waals surface area contributed by atoms with E-state index >= 15 is 0 Å². The molecule has 0 bridgehead atoms. The summed E-state index contributed by atoms with van der Waals surface area (Å²) in [6.45, 7) is 16.8. The Morgan fingerprint density at radius 1 is 1.18 bits per heavy atom. The van der Waals surface area contributed by atoms with Gasteiger partial charge in [-0.2, -0.15) is 0 Å². The van der Waals surface area contributed by atoms with Crippen molar-refractivity contribution >= 4 is 0 Å². The van der Waals surface area contributed by atoms with E-state index in [-0.39, 0.29) is 0 Å². The van der Waals surface area contributed by atoms with Gasteiger partial charge in [-0.15, -0.1) is 0 Å². The molecule has 1 aliphatic heterocycles.